The first-order chi connectivity index (χ1) is 13.1. The lowest BCUT2D eigenvalue weighted by Gasteiger charge is -2.08. The predicted molar refractivity (Wildman–Crippen MR) is 101 cm³/mol. The summed E-state index contributed by atoms with van der Waals surface area (Å²) in [5.41, 5.74) is 2.30. The Morgan fingerprint density at radius 1 is 1.00 bits per heavy atom. The molecule has 1 amide bonds. The van der Waals surface area contributed by atoms with Crippen LogP contribution in [0.15, 0.2) is 60.9 Å². The average molecular weight is 357 g/mol. The van der Waals surface area contributed by atoms with Crippen LogP contribution < -0.4 is 10.6 Å². The minimum Gasteiger partial charge on any atom is -0.324 e. The molecule has 0 saturated heterocycles. The van der Waals surface area contributed by atoms with E-state index in [1.165, 1.54) is 19.3 Å². The molecule has 0 radical (unpaired) electrons. The molecule has 0 aliphatic rings. The molecule has 132 valence electrons. The second kappa shape index (κ2) is 7.89. The summed E-state index contributed by atoms with van der Waals surface area (Å²) in [6, 6.07) is 15.7. The Morgan fingerprint density at radius 2 is 1.74 bits per heavy atom. The Balaban J connectivity index is 1.71. The number of carbonyl (C=O) groups is 2. The van der Waals surface area contributed by atoms with Gasteiger partial charge in [-0.1, -0.05) is 24.3 Å². The van der Waals surface area contributed by atoms with Crippen LogP contribution in [0.2, 0.25) is 0 Å². The van der Waals surface area contributed by atoms with Crippen LogP contribution in [0, 0.1) is 11.3 Å². The Kier molecular flexibility index (Phi) is 5.19. The van der Waals surface area contributed by atoms with E-state index in [1.54, 1.807) is 48.5 Å². The van der Waals surface area contributed by atoms with Gasteiger partial charge in [-0.25, -0.2) is 9.97 Å². The van der Waals surface area contributed by atoms with Crippen LogP contribution in [0.25, 0.3) is 0 Å². The maximum Gasteiger partial charge on any atom is 0.258 e. The molecule has 0 bridgehead atoms. The third kappa shape index (κ3) is 4.32. The number of Topliss-reactive ketones (excluding diaryl/α,β-unsaturated/α-hetero) is 1. The zero-order chi connectivity index (χ0) is 19.2. The first-order valence-corrected chi connectivity index (χ1v) is 8.07. The van der Waals surface area contributed by atoms with E-state index in [0.717, 1.165) is 0 Å². The van der Waals surface area contributed by atoms with E-state index in [2.05, 4.69) is 20.6 Å². The third-order valence-corrected chi connectivity index (χ3v) is 3.73. The van der Waals surface area contributed by atoms with Crippen molar-refractivity contribution in [2.45, 2.75) is 6.92 Å². The van der Waals surface area contributed by atoms with Gasteiger partial charge in [0.15, 0.2) is 5.78 Å². The number of benzene rings is 2. The van der Waals surface area contributed by atoms with E-state index in [9.17, 15) is 9.59 Å². The number of aromatic nitrogens is 2. The number of nitrogens with one attached hydrogen (secondary N) is 2. The number of ketones is 1. The van der Waals surface area contributed by atoms with Gasteiger partial charge in [0.2, 0.25) is 5.95 Å². The maximum absolute atomic E-state index is 12.3. The SMILES string of the molecule is CC(=O)c1cccc(Nc2ncc(C(=O)Nc3ccccc3C#N)cn2)c1. The van der Waals surface area contributed by atoms with Crippen LogP contribution in [0.3, 0.4) is 0 Å². The van der Waals surface area contributed by atoms with Gasteiger partial charge in [0, 0.05) is 23.6 Å². The fraction of sp³-hybridized carbons (Fsp3) is 0.0500. The van der Waals surface area contributed by atoms with Gasteiger partial charge in [-0.05, 0) is 31.2 Å². The number of para-hydroxylation sites is 1. The molecule has 1 aromatic heterocycles. The Morgan fingerprint density at radius 3 is 2.44 bits per heavy atom. The molecule has 2 aromatic carbocycles. The molecule has 7 nitrogen and oxygen atoms in total. The van der Waals surface area contributed by atoms with Gasteiger partial charge in [0.25, 0.3) is 5.91 Å². The Hall–Kier alpha value is -4.05. The highest BCUT2D eigenvalue weighted by Gasteiger charge is 2.10. The zero-order valence-electron chi connectivity index (χ0n) is 14.4. The van der Waals surface area contributed by atoms with Crippen LogP contribution in [0.5, 0.6) is 0 Å². The van der Waals surface area contributed by atoms with Crippen molar-refractivity contribution in [1.82, 2.24) is 9.97 Å². The smallest absolute Gasteiger partial charge is 0.258 e. The number of nitrogens with zero attached hydrogens (tertiary/aromatic N) is 3. The van der Waals surface area contributed by atoms with Crippen LogP contribution in [0.1, 0.15) is 33.2 Å². The molecule has 0 fully saturated rings. The molecular formula is C20H15N5O2. The number of carbonyl (C=O) groups excluding carboxylic acids is 2. The second-order valence-electron chi connectivity index (χ2n) is 5.67. The third-order valence-electron chi connectivity index (χ3n) is 3.73. The normalized spacial score (nSPS) is 9.93. The lowest BCUT2D eigenvalue weighted by molar-refractivity contribution is 0.101. The molecule has 1 heterocycles. The molecule has 3 rings (SSSR count). The summed E-state index contributed by atoms with van der Waals surface area (Å²) in [5.74, 6) is -0.156. The summed E-state index contributed by atoms with van der Waals surface area (Å²) in [6.45, 7) is 1.49. The van der Waals surface area contributed by atoms with Gasteiger partial charge in [-0.3, -0.25) is 9.59 Å². The van der Waals surface area contributed by atoms with E-state index in [1.807, 2.05) is 6.07 Å². The summed E-state index contributed by atoms with van der Waals surface area (Å²) in [7, 11) is 0. The van der Waals surface area contributed by atoms with Crippen molar-refractivity contribution in [3.8, 4) is 6.07 Å². The number of amides is 1. The highest BCUT2D eigenvalue weighted by Crippen LogP contribution is 2.17. The van der Waals surface area contributed by atoms with E-state index in [4.69, 9.17) is 5.26 Å². The number of anilines is 3. The second-order valence-corrected chi connectivity index (χ2v) is 5.67. The summed E-state index contributed by atoms with van der Waals surface area (Å²) in [5, 5.41) is 14.7. The predicted octanol–water partition coefficient (Wildman–Crippen LogP) is 3.55. The number of rotatable bonds is 5. The van der Waals surface area contributed by atoms with Crippen molar-refractivity contribution in [3.05, 3.63) is 77.6 Å². The van der Waals surface area contributed by atoms with E-state index in [-0.39, 0.29) is 11.3 Å². The lowest BCUT2D eigenvalue weighted by Crippen LogP contribution is -2.14. The quantitative estimate of drug-likeness (QED) is 0.676. The van der Waals surface area contributed by atoms with Crippen molar-refractivity contribution in [1.29, 1.82) is 5.26 Å². The topological polar surface area (TPSA) is 108 Å². The minimum atomic E-state index is -0.414. The minimum absolute atomic E-state index is 0.0377. The van der Waals surface area contributed by atoms with E-state index < -0.39 is 5.91 Å². The molecule has 0 saturated carbocycles. The number of hydrogen-bond donors (Lipinski definition) is 2. The highest BCUT2D eigenvalue weighted by atomic mass is 16.1. The van der Waals surface area contributed by atoms with Crippen molar-refractivity contribution in [2.24, 2.45) is 0 Å². The summed E-state index contributed by atoms with van der Waals surface area (Å²) in [4.78, 5) is 32.0. The highest BCUT2D eigenvalue weighted by molar-refractivity contribution is 6.04. The van der Waals surface area contributed by atoms with Crippen molar-refractivity contribution >= 4 is 29.0 Å². The first-order valence-electron chi connectivity index (χ1n) is 8.07. The monoisotopic (exact) mass is 357 g/mol. The lowest BCUT2D eigenvalue weighted by atomic mass is 10.1. The molecule has 0 unspecified atom stereocenters. The van der Waals surface area contributed by atoms with Gasteiger partial charge in [0.1, 0.15) is 6.07 Å². The molecular weight excluding hydrogens is 342 g/mol. The van der Waals surface area contributed by atoms with Gasteiger partial charge >= 0.3 is 0 Å². The van der Waals surface area contributed by atoms with E-state index in [0.29, 0.717) is 28.5 Å². The van der Waals surface area contributed by atoms with Crippen LogP contribution in [0.4, 0.5) is 17.3 Å². The van der Waals surface area contributed by atoms with Crippen LogP contribution in [-0.2, 0) is 0 Å². The fourth-order valence-corrected chi connectivity index (χ4v) is 2.34. The van der Waals surface area contributed by atoms with Crippen molar-refractivity contribution in [3.63, 3.8) is 0 Å². The molecule has 3 aromatic rings. The maximum atomic E-state index is 12.3. The standard InChI is InChI=1S/C20H15N5O2/c1-13(26)14-6-4-7-17(9-14)24-20-22-11-16(12-23-20)19(27)25-18-8-3-2-5-15(18)10-21/h2-9,11-12H,1H3,(H,25,27)(H,22,23,24). The number of nitriles is 1. The zero-order valence-corrected chi connectivity index (χ0v) is 14.4. The first kappa shape index (κ1) is 17.8. The number of hydrogen-bond acceptors (Lipinski definition) is 6. The van der Waals surface area contributed by atoms with Crippen LogP contribution >= 0.6 is 0 Å². The Bertz CT molecular complexity index is 1040. The summed E-state index contributed by atoms with van der Waals surface area (Å²) in [6.07, 6.45) is 2.77. The Labute approximate surface area is 155 Å². The molecule has 0 aliphatic heterocycles. The molecule has 27 heavy (non-hydrogen) atoms. The fourth-order valence-electron chi connectivity index (χ4n) is 2.34. The van der Waals surface area contributed by atoms with E-state index >= 15 is 0 Å². The average Bonchev–Trinajstić information content (AvgIpc) is 2.69. The van der Waals surface area contributed by atoms with Gasteiger partial charge in [-0.15, -0.1) is 0 Å². The molecule has 0 atom stereocenters. The molecule has 0 spiro atoms. The molecule has 7 heteroatoms. The van der Waals surface area contributed by atoms with Gasteiger partial charge < -0.3 is 10.6 Å². The molecule has 2 N–H and O–H groups in total. The van der Waals surface area contributed by atoms with Gasteiger partial charge in [0.05, 0.1) is 16.8 Å². The largest absolute Gasteiger partial charge is 0.324 e. The van der Waals surface area contributed by atoms with Gasteiger partial charge in [-0.2, -0.15) is 5.26 Å². The van der Waals surface area contributed by atoms with Crippen molar-refractivity contribution in [2.75, 3.05) is 10.6 Å². The molecule has 0 aliphatic carbocycles. The summed E-state index contributed by atoms with van der Waals surface area (Å²) < 4.78 is 0. The van der Waals surface area contributed by atoms with Crippen molar-refractivity contribution < 1.29 is 9.59 Å². The van der Waals surface area contributed by atoms with Crippen LogP contribution in [-0.4, -0.2) is 21.7 Å². The summed E-state index contributed by atoms with van der Waals surface area (Å²) >= 11 is 0.